The lowest BCUT2D eigenvalue weighted by Gasteiger charge is -2.19. The van der Waals surface area contributed by atoms with Crippen LogP contribution in [0, 0.1) is 13.8 Å². The van der Waals surface area contributed by atoms with E-state index in [1.807, 2.05) is 0 Å². The van der Waals surface area contributed by atoms with Crippen molar-refractivity contribution in [2.45, 2.75) is 89.8 Å². The van der Waals surface area contributed by atoms with E-state index < -0.39 is 0 Å². The first-order chi connectivity index (χ1) is 22.4. The molecule has 2 saturated carbocycles. The molecule has 2 aliphatic carbocycles. The van der Waals surface area contributed by atoms with Gasteiger partial charge in [-0.3, -0.25) is 0 Å². The summed E-state index contributed by atoms with van der Waals surface area (Å²) in [6, 6.07) is 21.2. The van der Waals surface area contributed by atoms with Crippen molar-refractivity contribution >= 4 is 0 Å². The van der Waals surface area contributed by atoms with Gasteiger partial charge in [0.05, 0.1) is 37.8 Å². The highest BCUT2D eigenvalue weighted by molar-refractivity contribution is 5.82. The third-order valence-corrected chi connectivity index (χ3v) is 9.84. The van der Waals surface area contributed by atoms with Crippen molar-refractivity contribution in [2.75, 3.05) is 14.2 Å². The minimum absolute atomic E-state index is 0.116. The maximum absolute atomic E-state index is 10.2. The number of rotatable bonds is 11. The number of nitrogens with one attached hydrogen (secondary N) is 2. The van der Waals surface area contributed by atoms with Gasteiger partial charge in [0.15, 0.2) is 0 Å². The minimum atomic E-state index is -0.290. The number of aliphatic hydroxyl groups is 2. The van der Waals surface area contributed by atoms with Crippen LogP contribution in [0.4, 0.5) is 0 Å². The lowest BCUT2D eigenvalue weighted by molar-refractivity contribution is 0.148. The third kappa shape index (κ3) is 6.67. The van der Waals surface area contributed by atoms with Crippen molar-refractivity contribution in [1.82, 2.24) is 20.6 Å². The van der Waals surface area contributed by atoms with Gasteiger partial charge in [-0.25, -0.2) is 9.97 Å². The summed E-state index contributed by atoms with van der Waals surface area (Å²) in [5.74, 6) is 1.19. The first-order valence-electron chi connectivity index (χ1n) is 16.5. The molecule has 242 valence electrons. The van der Waals surface area contributed by atoms with Crippen LogP contribution in [0.15, 0.2) is 60.7 Å². The summed E-state index contributed by atoms with van der Waals surface area (Å²) in [6.45, 7) is 5.49. The highest BCUT2D eigenvalue weighted by Crippen LogP contribution is 2.37. The number of benzene rings is 2. The van der Waals surface area contributed by atoms with Crippen molar-refractivity contribution in [3.63, 3.8) is 0 Å². The predicted octanol–water partition coefficient (Wildman–Crippen LogP) is 6.12. The summed E-state index contributed by atoms with van der Waals surface area (Å²) in [5.41, 5.74) is 10.3. The van der Waals surface area contributed by atoms with Crippen LogP contribution in [-0.2, 0) is 13.1 Å². The summed E-state index contributed by atoms with van der Waals surface area (Å²) >= 11 is 0. The zero-order valence-corrected chi connectivity index (χ0v) is 27.3. The number of hydrogen-bond acceptors (Lipinski definition) is 8. The Bertz CT molecular complexity index is 1550. The predicted molar refractivity (Wildman–Crippen MR) is 182 cm³/mol. The molecular formula is C38H46N4O4. The molecule has 0 unspecified atom stereocenters. The molecular weight excluding hydrogens is 576 g/mol. The van der Waals surface area contributed by atoms with Crippen molar-refractivity contribution < 1.29 is 19.7 Å². The molecule has 0 radical (unpaired) electrons. The fourth-order valence-electron chi connectivity index (χ4n) is 7.11. The molecule has 0 aliphatic heterocycles. The molecule has 2 heterocycles. The summed E-state index contributed by atoms with van der Waals surface area (Å²) in [7, 11) is 3.31. The summed E-state index contributed by atoms with van der Waals surface area (Å²) in [4.78, 5) is 9.83. The molecule has 46 heavy (non-hydrogen) atoms. The molecule has 2 aromatic carbocycles. The van der Waals surface area contributed by atoms with Gasteiger partial charge < -0.3 is 30.3 Å². The SMILES string of the molecule is COc1nc(-c2cccc(-c3cccc(-c4ccc(CN[C@@H]5CCC[C@@H]5O)c(OC)n4)c3C)c2C)ccc1CN[C@@H]1CCC[C@@H]1O. The van der Waals surface area contributed by atoms with Crippen LogP contribution in [0.25, 0.3) is 33.6 Å². The van der Waals surface area contributed by atoms with Gasteiger partial charge in [0.25, 0.3) is 0 Å². The second-order valence-corrected chi connectivity index (χ2v) is 12.7. The van der Waals surface area contributed by atoms with Gasteiger partial charge in [-0.05, 0) is 86.8 Å². The zero-order valence-electron chi connectivity index (χ0n) is 27.3. The summed E-state index contributed by atoms with van der Waals surface area (Å²) in [5, 5.41) is 27.4. The number of nitrogens with zero attached hydrogens (tertiary/aromatic N) is 2. The first-order valence-corrected chi connectivity index (χ1v) is 16.5. The second-order valence-electron chi connectivity index (χ2n) is 12.7. The number of aliphatic hydroxyl groups excluding tert-OH is 2. The molecule has 2 aliphatic rings. The molecule has 2 fully saturated rings. The van der Waals surface area contributed by atoms with Crippen molar-refractivity contribution in [3.8, 4) is 45.4 Å². The van der Waals surface area contributed by atoms with Crippen molar-refractivity contribution in [2.24, 2.45) is 0 Å². The molecule has 4 N–H and O–H groups in total. The standard InChI is InChI=1S/C38H46N4O4/c1-23-27(9-5-11-29(23)31-19-17-25(37(41-31)45-3)21-39-33-13-7-15-35(33)43)28-10-6-12-30(24(28)2)32-20-18-26(38(42-32)46-4)22-40-34-14-8-16-36(34)44/h5-6,9-12,17-20,33-36,39-40,43-44H,7-8,13-16,21-22H2,1-4H3/t33-,34-,35+,36+/m1/s1. The van der Waals surface area contributed by atoms with Gasteiger partial charge in [0.1, 0.15) is 0 Å². The molecule has 6 rings (SSSR count). The van der Waals surface area contributed by atoms with Crippen molar-refractivity contribution in [1.29, 1.82) is 0 Å². The zero-order chi connectivity index (χ0) is 32.2. The van der Waals surface area contributed by atoms with Gasteiger partial charge in [-0.2, -0.15) is 0 Å². The Balaban J connectivity index is 1.25. The molecule has 4 aromatic rings. The van der Waals surface area contributed by atoms with Crippen LogP contribution >= 0.6 is 0 Å². The fourth-order valence-corrected chi connectivity index (χ4v) is 7.11. The van der Waals surface area contributed by atoms with E-state index in [4.69, 9.17) is 19.4 Å². The van der Waals surface area contributed by atoms with Gasteiger partial charge in [-0.1, -0.05) is 48.5 Å². The number of methoxy groups -OCH3 is 2. The number of aromatic nitrogens is 2. The minimum Gasteiger partial charge on any atom is -0.481 e. The second kappa shape index (κ2) is 14.3. The fraction of sp³-hybridized carbons (Fsp3) is 0.421. The Labute approximate surface area is 272 Å². The molecule has 2 aromatic heterocycles. The van der Waals surface area contributed by atoms with Gasteiger partial charge in [-0.15, -0.1) is 0 Å². The van der Waals surface area contributed by atoms with Crippen LogP contribution in [0.1, 0.15) is 60.8 Å². The van der Waals surface area contributed by atoms with Crippen molar-refractivity contribution in [3.05, 3.63) is 82.9 Å². The third-order valence-electron chi connectivity index (χ3n) is 9.84. The van der Waals surface area contributed by atoms with E-state index in [0.29, 0.717) is 24.8 Å². The normalized spacial score (nSPS) is 21.1. The largest absolute Gasteiger partial charge is 0.481 e. The van der Waals surface area contributed by atoms with E-state index in [9.17, 15) is 10.2 Å². The summed E-state index contributed by atoms with van der Waals surface area (Å²) < 4.78 is 11.4. The Kier molecular flexibility index (Phi) is 9.99. The van der Waals surface area contributed by atoms with Crippen LogP contribution < -0.4 is 20.1 Å². The number of hydrogen-bond donors (Lipinski definition) is 4. The van der Waals surface area contributed by atoms with E-state index in [-0.39, 0.29) is 24.3 Å². The van der Waals surface area contributed by atoms with E-state index in [1.165, 1.54) is 0 Å². The Morgan fingerprint density at radius 2 is 1.02 bits per heavy atom. The molecule has 8 heteroatoms. The number of pyridine rings is 2. The summed E-state index contributed by atoms with van der Waals surface area (Å²) in [6.07, 6.45) is 5.20. The lowest BCUT2D eigenvalue weighted by atomic mass is 9.89. The molecule has 0 saturated heterocycles. The Hall–Kier alpha value is -3.82. The average molecular weight is 623 g/mol. The monoisotopic (exact) mass is 622 g/mol. The smallest absolute Gasteiger partial charge is 0.218 e. The van der Waals surface area contributed by atoms with Gasteiger partial charge in [0.2, 0.25) is 11.8 Å². The first kappa shape index (κ1) is 32.1. The van der Waals surface area contributed by atoms with Gasteiger partial charge >= 0.3 is 0 Å². The maximum atomic E-state index is 10.2. The molecule has 4 atom stereocenters. The van der Waals surface area contributed by atoms with Gasteiger partial charge in [0, 0.05) is 47.4 Å². The topological polar surface area (TPSA) is 109 Å². The van der Waals surface area contributed by atoms with Crippen LogP contribution in [0.3, 0.4) is 0 Å². The van der Waals surface area contributed by atoms with E-state index in [2.05, 4.69) is 85.1 Å². The Morgan fingerprint density at radius 1 is 0.609 bits per heavy atom. The van der Waals surface area contributed by atoms with Crippen LogP contribution in [0.5, 0.6) is 11.8 Å². The lowest BCUT2D eigenvalue weighted by Crippen LogP contribution is -2.35. The molecule has 0 bridgehead atoms. The molecule has 0 spiro atoms. The molecule has 8 nitrogen and oxygen atoms in total. The quantitative estimate of drug-likeness (QED) is 0.159. The maximum Gasteiger partial charge on any atom is 0.218 e. The average Bonchev–Trinajstić information content (AvgIpc) is 3.69. The number of ether oxygens (including phenoxy) is 2. The Morgan fingerprint density at radius 3 is 1.39 bits per heavy atom. The molecule has 0 amide bonds. The highest BCUT2D eigenvalue weighted by atomic mass is 16.5. The van der Waals surface area contributed by atoms with Crippen LogP contribution in [-0.4, -0.2) is 58.7 Å². The highest BCUT2D eigenvalue weighted by Gasteiger charge is 2.26. The van der Waals surface area contributed by atoms with E-state index in [0.717, 1.165) is 94.4 Å². The van der Waals surface area contributed by atoms with Crippen LogP contribution in [0.2, 0.25) is 0 Å². The van der Waals surface area contributed by atoms with E-state index in [1.54, 1.807) is 14.2 Å². The van der Waals surface area contributed by atoms with E-state index >= 15 is 0 Å².